The minimum atomic E-state index is -1.30. The number of benzene rings is 1. The molecule has 3 nitrogen and oxygen atoms in total. The Morgan fingerprint density at radius 2 is 1.94 bits per heavy atom. The lowest BCUT2D eigenvalue weighted by molar-refractivity contribution is 0.103. The average Bonchev–Trinajstić information content (AvgIpc) is 2.32. The average molecular weight is 283 g/mol. The summed E-state index contributed by atoms with van der Waals surface area (Å²) in [6.07, 6.45) is 1.44. The first-order valence-corrected chi connectivity index (χ1v) is 6.07. The van der Waals surface area contributed by atoms with Crippen molar-refractivity contribution in [3.63, 3.8) is 0 Å². The van der Waals surface area contributed by atoms with Crippen LogP contribution in [0.3, 0.4) is 0 Å². The van der Waals surface area contributed by atoms with Crippen molar-refractivity contribution in [2.24, 2.45) is 0 Å². The molecule has 94 valence electrons. The van der Waals surface area contributed by atoms with Gasteiger partial charge in [-0.25, -0.2) is 4.98 Å². The predicted molar refractivity (Wildman–Crippen MR) is 73.8 cm³/mol. The molecule has 18 heavy (non-hydrogen) atoms. The summed E-state index contributed by atoms with van der Waals surface area (Å²) in [6, 6.07) is 8.56. The molecule has 0 aliphatic heterocycles. The van der Waals surface area contributed by atoms with Crippen molar-refractivity contribution >= 4 is 29.0 Å². The fourth-order valence-corrected chi connectivity index (χ4v) is 2.13. The van der Waals surface area contributed by atoms with E-state index in [1.165, 1.54) is 6.20 Å². The van der Waals surface area contributed by atoms with Gasteiger partial charge in [-0.15, -0.1) is 0 Å². The summed E-state index contributed by atoms with van der Waals surface area (Å²) >= 11 is 11.8. The Bertz CT molecular complexity index is 585. The lowest BCUT2D eigenvalue weighted by Crippen LogP contribution is -2.24. The Labute approximate surface area is 115 Å². The first-order chi connectivity index (χ1) is 8.41. The molecule has 1 heterocycles. The number of hydrogen-bond donors (Lipinski definition) is 2. The van der Waals surface area contributed by atoms with Crippen LogP contribution >= 0.6 is 23.2 Å². The molecular formula is C13H12Cl2N2O. The van der Waals surface area contributed by atoms with Crippen LogP contribution in [0, 0.1) is 0 Å². The predicted octanol–water partition coefficient (Wildman–Crippen LogP) is 3.23. The van der Waals surface area contributed by atoms with Gasteiger partial charge in [0.15, 0.2) is 0 Å². The largest absolute Gasteiger partial charge is 0.383 e. The van der Waals surface area contributed by atoms with Crippen LogP contribution in [0.4, 0.5) is 5.82 Å². The molecule has 0 saturated carbocycles. The number of aromatic nitrogens is 1. The maximum atomic E-state index is 10.6. The highest BCUT2D eigenvalue weighted by Crippen LogP contribution is 2.34. The summed E-state index contributed by atoms with van der Waals surface area (Å²) in [5.74, 6) is 0.240. The van der Waals surface area contributed by atoms with Gasteiger partial charge in [-0.3, -0.25) is 0 Å². The zero-order valence-corrected chi connectivity index (χ0v) is 11.2. The molecule has 0 radical (unpaired) electrons. The van der Waals surface area contributed by atoms with Gasteiger partial charge < -0.3 is 10.8 Å². The maximum absolute atomic E-state index is 10.6. The van der Waals surface area contributed by atoms with E-state index in [4.69, 9.17) is 28.9 Å². The van der Waals surface area contributed by atoms with Gasteiger partial charge in [0.2, 0.25) is 0 Å². The SMILES string of the molecule is CC(O)(c1cccc(Cl)c1)c1cc(Cl)cnc1N. The number of rotatable bonds is 2. The second-order valence-electron chi connectivity index (χ2n) is 4.17. The Balaban J connectivity index is 2.57. The summed E-state index contributed by atoms with van der Waals surface area (Å²) in [5, 5.41) is 11.6. The van der Waals surface area contributed by atoms with Crippen molar-refractivity contribution in [3.05, 3.63) is 57.7 Å². The van der Waals surface area contributed by atoms with E-state index in [2.05, 4.69) is 4.98 Å². The molecule has 2 aromatic rings. The number of hydrogen-bond acceptors (Lipinski definition) is 3. The van der Waals surface area contributed by atoms with Crippen molar-refractivity contribution in [1.82, 2.24) is 4.98 Å². The van der Waals surface area contributed by atoms with Gasteiger partial charge in [0.25, 0.3) is 0 Å². The molecule has 3 N–H and O–H groups in total. The van der Waals surface area contributed by atoms with E-state index in [1.807, 2.05) is 0 Å². The van der Waals surface area contributed by atoms with E-state index in [-0.39, 0.29) is 5.82 Å². The third-order valence-corrected chi connectivity index (χ3v) is 3.24. The molecule has 5 heteroatoms. The molecule has 0 bridgehead atoms. The van der Waals surface area contributed by atoms with Gasteiger partial charge in [-0.2, -0.15) is 0 Å². The first kappa shape index (κ1) is 13.1. The van der Waals surface area contributed by atoms with Crippen molar-refractivity contribution < 1.29 is 5.11 Å². The topological polar surface area (TPSA) is 59.1 Å². The van der Waals surface area contributed by atoms with E-state index in [1.54, 1.807) is 37.3 Å². The molecular weight excluding hydrogens is 271 g/mol. The Morgan fingerprint density at radius 3 is 2.61 bits per heavy atom. The zero-order valence-electron chi connectivity index (χ0n) is 9.69. The highest BCUT2D eigenvalue weighted by atomic mass is 35.5. The number of halogens is 2. The molecule has 0 aliphatic rings. The third-order valence-electron chi connectivity index (χ3n) is 2.80. The van der Waals surface area contributed by atoms with E-state index in [0.29, 0.717) is 21.2 Å². The zero-order chi connectivity index (χ0) is 13.3. The second kappa shape index (κ2) is 4.76. The van der Waals surface area contributed by atoms with Crippen LogP contribution in [-0.4, -0.2) is 10.1 Å². The van der Waals surface area contributed by atoms with E-state index in [0.717, 1.165) is 0 Å². The number of aliphatic hydroxyl groups is 1. The Kier molecular flexibility index (Phi) is 3.48. The van der Waals surface area contributed by atoms with E-state index < -0.39 is 5.60 Å². The van der Waals surface area contributed by atoms with Crippen LogP contribution in [0.15, 0.2) is 36.5 Å². The summed E-state index contributed by atoms with van der Waals surface area (Å²) in [5.41, 5.74) is 5.58. The Hall–Kier alpha value is -1.29. The molecule has 1 aromatic heterocycles. The molecule has 0 amide bonds. The molecule has 0 spiro atoms. The smallest absolute Gasteiger partial charge is 0.129 e. The minimum Gasteiger partial charge on any atom is -0.383 e. The standard InChI is InChI=1S/C13H12Cl2N2O/c1-13(18,8-3-2-4-9(14)5-8)11-6-10(15)7-17-12(11)16/h2-7,18H,1H3,(H2,16,17). The van der Waals surface area contributed by atoms with Crippen LogP contribution in [0.2, 0.25) is 10.0 Å². The minimum absolute atomic E-state index is 0.240. The van der Waals surface area contributed by atoms with Crippen molar-refractivity contribution in [2.45, 2.75) is 12.5 Å². The van der Waals surface area contributed by atoms with Crippen LogP contribution in [0.1, 0.15) is 18.1 Å². The van der Waals surface area contributed by atoms with Crippen LogP contribution in [0.5, 0.6) is 0 Å². The highest BCUT2D eigenvalue weighted by Gasteiger charge is 2.29. The van der Waals surface area contributed by atoms with Gasteiger partial charge in [0.1, 0.15) is 11.4 Å². The molecule has 1 atom stereocenters. The monoisotopic (exact) mass is 282 g/mol. The highest BCUT2D eigenvalue weighted by molar-refractivity contribution is 6.31. The maximum Gasteiger partial charge on any atom is 0.129 e. The fraction of sp³-hybridized carbons (Fsp3) is 0.154. The number of pyridine rings is 1. The third kappa shape index (κ3) is 2.43. The van der Waals surface area contributed by atoms with Gasteiger partial charge in [-0.05, 0) is 30.7 Å². The molecule has 1 aromatic carbocycles. The summed E-state index contributed by atoms with van der Waals surface area (Å²) < 4.78 is 0. The molecule has 0 aliphatic carbocycles. The normalized spacial score (nSPS) is 14.2. The lowest BCUT2D eigenvalue weighted by Gasteiger charge is -2.25. The molecule has 0 fully saturated rings. The van der Waals surface area contributed by atoms with Crippen molar-refractivity contribution in [1.29, 1.82) is 0 Å². The number of anilines is 1. The van der Waals surface area contributed by atoms with Gasteiger partial charge in [0.05, 0.1) is 5.02 Å². The van der Waals surface area contributed by atoms with Gasteiger partial charge in [-0.1, -0.05) is 35.3 Å². The summed E-state index contributed by atoms with van der Waals surface area (Å²) in [7, 11) is 0. The summed E-state index contributed by atoms with van der Waals surface area (Å²) in [4.78, 5) is 3.95. The van der Waals surface area contributed by atoms with E-state index in [9.17, 15) is 5.11 Å². The first-order valence-electron chi connectivity index (χ1n) is 5.31. The van der Waals surface area contributed by atoms with Gasteiger partial charge >= 0.3 is 0 Å². The number of nitrogen functional groups attached to an aromatic ring is 1. The lowest BCUT2D eigenvalue weighted by atomic mass is 9.88. The summed E-state index contributed by atoms with van der Waals surface area (Å²) in [6.45, 7) is 1.63. The molecule has 2 rings (SSSR count). The van der Waals surface area contributed by atoms with Crippen LogP contribution < -0.4 is 5.73 Å². The quantitative estimate of drug-likeness (QED) is 0.889. The molecule has 1 unspecified atom stereocenters. The fourth-order valence-electron chi connectivity index (χ4n) is 1.79. The van der Waals surface area contributed by atoms with Crippen molar-refractivity contribution in [2.75, 3.05) is 5.73 Å². The number of nitrogens with two attached hydrogens (primary N) is 1. The van der Waals surface area contributed by atoms with Crippen LogP contribution in [0.25, 0.3) is 0 Å². The Morgan fingerprint density at radius 1 is 1.22 bits per heavy atom. The van der Waals surface area contributed by atoms with Crippen LogP contribution in [-0.2, 0) is 5.60 Å². The number of nitrogens with zero attached hydrogens (tertiary/aromatic N) is 1. The van der Waals surface area contributed by atoms with Crippen molar-refractivity contribution in [3.8, 4) is 0 Å². The van der Waals surface area contributed by atoms with E-state index >= 15 is 0 Å². The van der Waals surface area contributed by atoms with Gasteiger partial charge in [0, 0.05) is 16.8 Å². The molecule has 0 saturated heterocycles. The second-order valence-corrected chi connectivity index (χ2v) is 5.04.